The summed E-state index contributed by atoms with van der Waals surface area (Å²) in [4.78, 5) is 10.7. The van der Waals surface area contributed by atoms with Crippen molar-refractivity contribution in [1.29, 1.82) is 0 Å². The average molecular weight is 739 g/mol. The molecule has 0 saturated carbocycles. The van der Waals surface area contributed by atoms with E-state index in [0.717, 1.165) is 60.9 Å². The summed E-state index contributed by atoms with van der Waals surface area (Å²) in [5.41, 5.74) is 13.2. The Morgan fingerprint density at radius 1 is 0.293 bits per heavy atom. The van der Waals surface area contributed by atoms with Crippen LogP contribution in [0.3, 0.4) is 0 Å². The van der Waals surface area contributed by atoms with Crippen LogP contribution in [0.4, 0.5) is 0 Å². The topological polar surface area (TPSA) is 35.6 Å². The van der Waals surface area contributed by atoms with Crippen LogP contribution in [0.2, 0.25) is 0 Å². The molecule has 0 spiro atoms. The first-order chi connectivity index (χ1) is 28.8. The number of aromatic nitrogens is 4. The number of nitrogens with zero attached hydrogens (tertiary/aromatic N) is 4. The summed E-state index contributed by atoms with van der Waals surface area (Å²) < 4.78 is 4.77. The van der Waals surface area contributed by atoms with Gasteiger partial charge in [-0.15, -0.1) is 0 Å². The van der Waals surface area contributed by atoms with Crippen LogP contribution in [-0.4, -0.2) is 19.1 Å². The lowest BCUT2D eigenvalue weighted by Crippen LogP contribution is -1.98. The van der Waals surface area contributed by atoms with E-state index < -0.39 is 0 Å². The fourth-order valence-corrected chi connectivity index (χ4v) is 9.03. The molecule has 9 aromatic carbocycles. The van der Waals surface area contributed by atoms with Gasteiger partial charge in [0.05, 0.1) is 33.3 Å². The molecule has 0 aliphatic rings. The highest BCUT2D eigenvalue weighted by atomic mass is 15.0. The SMILES string of the molecule is c1ccc(-c2ccc(-c3nc(-c4cccc(-n5c6ccccc6c6cc(-n7c8ccccc8c8ccccc87)ccc65)c4)nc4c3ccc3ccccc34)cc2)cc1. The first-order valence-corrected chi connectivity index (χ1v) is 19.7. The minimum Gasteiger partial charge on any atom is -0.309 e. The van der Waals surface area contributed by atoms with E-state index in [4.69, 9.17) is 9.97 Å². The van der Waals surface area contributed by atoms with Gasteiger partial charge in [0.25, 0.3) is 0 Å². The van der Waals surface area contributed by atoms with E-state index in [9.17, 15) is 0 Å². The van der Waals surface area contributed by atoms with Crippen molar-refractivity contribution in [3.05, 3.63) is 206 Å². The summed E-state index contributed by atoms with van der Waals surface area (Å²) in [6, 6.07) is 73.8. The minimum atomic E-state index is 0.697. The van der Waals surface area contributed by atoms with Crippen molar-refractivity contribution < 1.29 is 0 Å². The monoisotopic (exact) mass is 738 g/mol. The molecule has 3 heterocycles. The Bertz CT molecular complexity index is 3500. The van der Waals surface area contributed by atoms with Gasteiger partial charge in [0.1, 0.15) is 0 Å². The van der Waals surface area contributed by atoms with E-state index in [1.165, 1.54) is 43.7 Å². The van der Waals surface area contributed by atoms with Gasteiger partial charge in [-0.1, -0.05) is 152 Å². The quantitative estimate of drug-likeness (QED) is 0.165. The van der Waals surface area contributed by atoms with Crippen LogP contribution < -0.4 is 0 Å². The van der Waals surface area contributed by atoms with Crippen LogP contribution in [0.1, 0.15) is 0 Å². The molecular formula is C54H34N4. The molecule has 0 atom stereocenters. The van der Waals surface area contributed by atoms with E-state index in [0.29, 0.717) is 5.82 Å². The molecule has 0 aliphatic heterocycles. The van der Waals surface area contributed by atoms with Crippen molar-refractivity contribution in [3.8, 4) is 45.1 Å². The van der Waals surface area contributed by atoms with Gasteiger partial charge in [0.15, 0.2) is 5.82 Å². The van der Waals surface area contributed by atoms with E-state index >= 15 is 0 Å². The number of benzene rings is 9. The molecular weight excluding hydrogens is 705 g/mol. The number of fused-ring (bicyclic) bond motifs is 9. The van der Waals surface area contributed by atoms with Gasteiger partial charge >= 0.3 is 0 Å². The van der Waals surface area contributed by atoms with Crippen LogP contribution in [-0.2, 0) is 0 Å². The molecule has 12 aromatic rings. The first kappa shape index (κ1) is 32.4. The number of para-hydroxylation sites is 3. The van der Waals surface area contributed by atoms with Gasteiger partial charge in [-0.25, -0.2) is 9.97 Å². The lowest BCUT2D eigenvalue weighted by Gasteiger charge is -2.14. The number of hydrogen-bond acceptors (Lipinski definition) is 2. The fourth-order valence-electron chi connectivity index (χ4n) is 9.03. The standard InChI is InChI=1S/C54H34N4/c1-2-13-35(14-3-1)36-25-27-38(28-26-36)52-46-31-29-37-15-4-5-18-42(37)53(46)56-54(55-52)39-16-12-17-40(33-39)57-50-24-11-8-21-45(50)47-34-41(30-32-51(47)57)58-48-22-9-6-19-43(48)44-20-7-10-23-49(44)58/h1-34H. The molecule has 4 heteroatoms. The maximum Gasteiger partial charge on any atom is 0.160 e. The number of hydrogen-bond donors (Lipinski definition) is 0. The maximum atomic E-state index is 5.36. The Morgan fingerprint density at radius 2 is 0.828 bits per heavy atom. The second-order valence-corrected chi connectivity index (χ2v) is 15.0. The summed E-state index contributed by atoms with van der Waals surface area (Å²) in [5, 5.41) is 8.23. The molecule has 12 rings (SSSR count). The van der Waals surface area contributed by atoms with Crippen molar-refractivity contribution >= 4 is 65.3 Å². The predicted molar refractivity (Wildman–Crippen MR) is 242 cm³/mol. The normalized spacial score (nSPS) is 11.8. The van der Waals surface area contributed by atoms with Crippen LogP contribution in [0.25, 0.3) is 110 Å². The molecule has 58 heavy (non-hydrogen) atoms. The fraction of sp³-hybridized carbons (Fsp3) is 0. The van der Waals surface area contributed by atoms with Crippen LogP contribution >= 0.6 is 0 Å². The molecule has 0 N–H and O–H groups in total. The van der Waals surface area contributed by atoms with E-state index in [2.05, 4.69) is 215 Å². The third-order valence-electron chi connectivity index (χ3n) is 11.7. The van der Waals surface area contributed by atoms with Crippen LogP contribution in [0, 0.1) is 0 Å². The van der Waals surface area contributed by atoms with Crippen molar-refractivity contribution in [2.45, 2.75) is 0 Å². The minimum absolute atomic E-state index is 0.697. The zero-order valence-electron chi connectivity index (χ0n) is 31.4. The largest absolute Gasteiger partial charge is 0.309 e. The maximum absolute atomic E-state index is 5.36. The summed E-state index contributed by atoms with van der Waals surface area (Å²) in [6.07, 6.45) is 0. The third kappa shape index (κ3) is 5.02. The molecule has 0 saturated heterocycles. The smallest absolute Gasteiger partial charge is 0.160 e. The molecule has 3 aromatic heterocycles. The Labute approximate surface area is 334 Å². The summed E-state index contributed by atoms with van der Waals surface area (Å²) in [5.74, 6) is 0.697. The van der Waals surface area contributed by atoms with Gasteiger partial charge in [0, 0.05) is 54.8 Å². The number of rotatable bonds is 5. The van der Waals surface area contributed by atoms with Crippen molar-refractivity contribution in [2.24, 2.45) is 0 Å². The van der Waals surface area contributed by atoms with E-state index in [1.54, 1.807) is 0 Å². The second-order valence-electron chi connectivity index (χ2n) is 15.0. The molecule has 0 aliphatic carbocycles. The molecule has 0 radical (unpaired) electrons. The molecule has 0 unspecified atom stereocenters. The summed E-state index contributed by atoms with van der Waals surface area (Å²) in [6.45, 7) is 0. The van der Waals surface area contributed by atoms with Crippen molar-refractivity contribution in [3.63, 3.8) is 0 Å². The summed E-state index contributed by atoms with van der Waals surface area (Å²) in [7, 11) is 0. The molecule has 270 valence electrons. The Morgan fingerprint density at radius 3 is 1.53 bits per heavy atom. The highest BCUT2D eigenvalue weighted by molar-refractivity contribution is 6.13. The third-order valence-corrected chi connectivity index (χ3v) is 11.7. The molecule has 0 bridgehead atoms. The molecule has 0 amide bonds. The van der Waals surface area contributed by atoms with Gasteiger partial charge in [-0.3, -0.25) is 0 Å². The zero-order valence-corrected chi connectivity index (χ0v) is 31.4. The Balaban J connectivity index is 1.03. The lowest BCUT2D eigenvalue weighted by atomic mass is 9.99. The average Bonchev–Trinajstić information content (AvgIpc) is 3.81. The van der Waals surface area contributed by atoms with Crippen molar-refractivity contribution in [1.82, 2.24) is 19.1 Å². The lowest BCUT2D eigenvalue weighted by molar-refractivity contribution is 1.16. The second kappa shape index (κ2) is 12.9. The van der Waals surface area contributed by atoms with Crippen molar-refractivity contribution in [2.75, 3.05) is 0 Å². The van der Waals surface area contributed by atoms with Gasteiger partial charge in [-0.2, -0.15) is 0 Å². The van der Waals surface area contributed by atoms with Crippen LogP contribution in [0.5, 0.6) is 0 Å². The molecule has 0 fully saturated rings. The predicted octanol–water partition coefficient (Wildman–Crippen LogP) is 14.0. The summed E-state index contributed by atoms with van der Waals surface area (Å²) >= 11 is 0. The van der Waals surface area contributed by atoms with Gasteiger partial charge in [0.2, 0.25) is 0 Å². The van der Waals surface area contributed by atoms with Gasteiger partial charge < -0.3 is 9.13 Å². The highest BCUT2D eigenvalue weighted by Gasteiger charge is 2.18. The van der Waals surface area contributed by atoms with E-state index in [-0.39, 0.29) is 0 Å². The Kier molecular flexibility index (Phi) is 7.20. The van der Waals surface area contributed by atoms with Crippen LogP contribution in [0.15, 0.2) is 206 Å². The first-order valence-electron chi connectivity index (χ1n) is 19.7. The van der Waals surface area contributed by atoms with Gasteiger partial charge in [-0.05, 0) is 71.1 Å². The zero-order chi connectivity index (χ0) is 38.2. The molecule has 4 nitrogen and oxygen atoms in total. The highest BCUT2D eigenvalue weighted by Crippen LogP contribution is 2.39. The van der Waals surface area contributed by atoms with E-state index in [1.807, 2.05) is 0 Å². The Hall–Kier alpha value is -7.82.